The van der Waals surface area contributed by atoms with Crippen LogP contribution in [0, 0.1) is 0 Å². The lowest BCUT2D eigenvalue weighted by Crippen LogP contribution is -2.54. The van der Waals surface area contributed by atoms with Crippen molar-refractivity contribution in [2.75, 3.05) is 31.1 Å². The van der Waals surface area contributed by atoms with E-state index in [9.17, 15) is 4.79 Å². The molecule has 24 heavy (non-hydrogen) atoms. The Kier molecular flexibility index (Phi) is 3.84. The van der Waals surface area contributed by atoms with Gasteiger partial charge in [-0.1, -0.05) is 0 Å². The van der Waals surface area contributed by atoms with Crippen molar-refractivity contribution in [3.63, 3.8) is 0 Å². The second-order valence-corrected chi connectivity index (χ2v) is 6.68. The molecule has 3 heterocycles. The van der Waals surface area contributed by atoms with E-state index in [1.807, 2.05) is 20.2 Å². The van der Waals surface area contributed by atoms with E-state index >= 15 is 0 Å². The van der Waals surface area contributed by atoms with Gasteiger partial charge in [-0.05, 0) is 19.8 Å². The molecule has 1 amide bonds. The van der Waals surface area contributed by atoms with E-state index in [1.54, 1.807) is 11.0 Å². The number of hydrogen-bond donors (Lipinski definition) is 1. The van der Waals surface area contributed by atoms with Crippen LogP contribution in [-0.2, 0) is 11.8 Å². The average Bonchev–Trinajstić information content (AvgIpc) is 3.35. The first-order valence-corrected chi connectivity index (χ1v) is 8.55. The highest BCUT2D eigenvalue weighted by Gasteiger charge is 2.30. The fourth-order valence-electron chi connectivity index (χ4n) is 3.24. The van der Waals surface area contributed by atoms with Gasteiger partial charge in [0.25, 0.3) is 0 Å². The van der Waals surface area contributed by atoms with Crippen molar-refractivity contribution in [2.24, 2.45) is 7.05 Å². The van der Waals surface area contributed by atoms with Gasteiger partial charge in [-0.3, -0.25) is 14.4 Å². The van der Waals surface area contributed by atoms with E-state index in [4.69, 9.17) is 0 Å². The third-order valence-electron chi connectivity index (χ3n) is 4.97. The monoisotopic (exact) mass is 329 g/mol. The number of carbonyl (C=O) groups excluding carboxylic acids is 1. The van der Waals surface area contributed by atoms with Gasteiger partial charge in [0.1, 0.15) is 12.1 Å². The Hall–Kier alpha value is -2.22. The Labute approximate surface area is 140 Å². The third-order valence-corrected chi connectivity index (χ3v) is 4.97. The minimum absolute atomic E-state index is 0.0726. The molecule has 0 bridgehead atoms. The van der Waals surface area contributed by atoms with Crippen molar-refractivity contribution in [3.8, 4) is 0 Å². The number of piperazine rings is 1. The van der Waals surface area contributed by atoms with Gasteiger partial charge in [-0.2, -0.15) is 5.10 Å². The summed E-state index contributed by atoms with van der Waals surface area (Å²) in [4.78, 5) is 25.5. The van der Waals surface area contributed by atoms with E-state index in [2.05, 4.69) is 30.2 Å². The maximum absolute atomic E-state index is 12.2. The van der Waals surface area contributed by atoms with Crippen LogP contribution >= 0.6 is 0 Å². The summed E-state index contributed by atoms with van der Waals surface area (Å²) in [5.41, 5.74) is 0.847. The first-order valence-electron chi connectivity index (χ1n) is 8.55. The summed E-state index contributed by atoms with van der Waals surface area (Å²) in [6, 6.07) is 0.345. The normalized spacial score (nSPS) is 20.3. The molecule has 2 aromatic heterocycles. The van der Waals surface area contributed by atoms with E-state index in [0.29, 0.717) is 6.04 Å². The summed E-state index contributed by atoms with van der Waals surface area (Å²) < 4.78 is 1.76. The summed E-state index contributed by atoms with van der Waals surface area (Å²) in [5, 5.41) is 8.35. The number of anilines is 1. The highest BCUT2D eigenvalue weighted by atomic mass is 16.2. The zero-order chi connectivity index (χ0) is 16.7. The highest BCUT2D eigenvalue weighted by molar-refractivity contribution is 5.86. The quantitative estimate of drug-likeness (QED) is 0.860. The molecule has 2 aliphatic rings. The van der Waals surface area contributed by atoms with Crippen molar-refractivity contribution < 1.29 is 4.79 Å². The molecule has 2 aromatic rings. The van der Waals surface area contributed by atoms with Crippen molar-refractivity contribution in [1.82, 2.24) is 30.0 Å². The molecule has 128 valence electrons. The van der Waals surface area contributed by atoms with Crippen LogP contribution in [0.25, 0.3) is 11.0 Å². The van der Waals surface area contributed by atoms with Crippen LogP contribution in [0.2, 0.25) is 0 Å². The van der Waals surface area contributed by atoms with Gasteiger partial charge in [-0.15, -0.1) is 0 Å². The molecule has 2 fully saturated rings. The van der Waals surface area contributed by atoms with Gasteiger partial charge in [0, 0.05) is 39.3 Å². The predicted octanol–water partition coefficient (Wildman–Crippen LogP) is 0.152. The summed E-state index contributed by atoms with van der Waals surface area (Å²) in [6.07, 6.45) is 5.67. The largest absolute Gasteiger partial charge is 0.353 e. The Bertz CT molecular complexity index is 746. The van der Waals surface area contributed by atoms with Crippen LogP contribution in [-0.4, -0.2) is 68.8 Å². The lowest BCUT2D eigenvalue weighted by Gasteiger charge is -2.38. The van der Waals surface area contributed by atoms with E-state index in [1.165, 1.54) is 0 Å². The third kappa shape index (κ3) is 2.82. The molecule has 1 aliphatic carbocycles. The fourth-order valence-corrected chi connectivity index (χ4v) is 3.24. The number of hydrogen-bond acceptors (Lipinski definition) is 6. The lowest BCUT2D eigenvalue weighted by molar-refractivity contribution is -0.126. The first kappa shape index (κ1) is 15.3. The topological polar surface area (TPSA) is 79.2 Å². The number of fused-ring (bicyclic) bond motifs is 1. The Morgan fingerprint density at radius 3 is 2.71 bits per heavy atom. The minimum atomic E-state index is -0.0726. The highest BCUT2D eigenvalue weighted by Crippen LogP contribution is 2.24. The number of aryl methyl sites for hydroxylation is 1. The Morgan fingerprint density at radius 2 is 2.00 bits per heavy atom. The van der Waals surface area contributed by atoms with Crippen molar-refractivity contribution >= 4 is 22.8 Å². The minimum Gasteiger partial charge on any atom is -0.353 e. The summed E-state index contributed by atoms with van der Waals surface area (Å²) in [5.74, 6) is 1.09. The SMILES string of the molecule is C[C@@H](C(=O)NC1CC1)N1CCN(c2ncnc3c2cnn3C)CC1. The molecule has 1 N–H and O–H groups in total. The number of nitrogens with one attached hydrogen (secondary N) is 1. The number of carbonyl (C=O) groups is 1. The van der Waals surface area contributed by atoms with Crippen molar-refractivity contribution in [1.29, 1.82) is 0 Å². The molecule has 4 rings (SSSR count). The molecule has 8 nitrogen and oxygen atoms in total. The lowest BCUT2D eigenvalue weighted by atomic mass is 10.2. The predicted molar refractivity (Wildman–Crippen MR) is 90.7 cm³/mol. The smallest absolute Gasteiger partial charge is 0.237 e. The fraction of sp³-hybridized carbons (Fsp3) is 0.625. The molecule has 8 heteroatoms. The first-order chi connectivity index (χ1) is 11.6. The van der Waals surface area contributed by atoms with Gasteiger partial charge in [0.05, 0.1) is 17.6 Å². The standard InChI is InChI=1S/C16H23N7O/c1-11(16(24)20-12-3-4-12)22-5-7-23(8-6-22)15-13-9-19-21(2)14(13)17-10-18-15/h9-12H,3-8H2,1-2H3,(H,20,24)/t11-/m0/s1. The van der Waals surface area contributed by atoms with Crippen molar-refractivity contribution in [2.45, 2.75) is 31.8 Å². The van der Waals surface area contributed by atoms with Crippen LogP contribution < -0.4 is 10.2 Å². The summed E-state index contributed by atoms with van der Waals surface area (Å²) in [7, 11) is 1.89. The van der Waals surface area contributed by atoms with Gasteiger partial charge in [0.2, 0.25) is 5.91 Å². The number of rotatable bonds is 4. The van der Waals surface area contributed by atoms with Crippen LogP contribution in [0.15, 0.2) is 12.5 Å². The maximum atomic E-state index is 12.2. The molecule has 1 aliphatic heterocycles. The Balaban J connectivity index is 1.42. The second kappa shape index (κ2) is 6.01. The zero-order valence-electron chi connectivity index (χ0n) is 14.1. The van der Waals surface area contributed by atoms with Gasteiger partial charge in [-0.25, -0.2) is 9.97 Å². The number of amides is 1. The second-order valence-electron chi connectivity index (χ2n) is 6.68. The molecular weight excluding hydrogens is 306 g/mol. The van der Waals surface area contributed by atoms with Crippen LogP contribution in [0.3, 0.4) is 0 Å². The van der Waals surface area contributed by atoms with Crippen LogP contribution in [0.5, 0.6) is 0 Å². The zero-order valence-corrected chi connectivity index (χ0v) is 14.1. The van der Waals surface area contributed by atoms with Crippen LogP contribution in [0.4, 0.5) is 5.82 Å². The van der Waals surface area contributed by atoms with Crippen molar-refractivity contribution in [3.05, 3.63) is 12.5 Å². The number of nitrogens with zero attached hydrogens (tertiary/aromatic N) is 6. The molecule has 0 radical (unpaired) electrons. The molecule has 0 aromatic carbocycles. The van der Waals surface area contributed by atoms with Gasteiger partial charge in [0.15, 0.2) is 5.65 Å². The van der Waals surface area contributed by atoms with Crippen LogP contribution in [0.1, 0.15) is 19.8 Å². The molecule has 1 saturated carbocycles. The average molecular weight is 329 g/mol. The molecule has 0 unspecified atom stereocenters. The Morgan fingerprint density at radius 1 is 1.25 bits per heavy atom. The van der Waals surface area contributed by atoms with E-state index in [-0.39, 0.29) is 11.9 Å². The van der Waals surface area contributed by atoms with Gasteiger partial charge < -0.3 is 10.2 Å². The molecule has 1 atom stereocenters. The summed E-state index contributed by atoms with van der Waals surface area (Å²) in [6.45, 7) is 5.40. The van der Waals surface area contributed by atoms with E-state index < -0.39 is 0 Å². The number of aromatic nitrogens is 4. The maximum Gasteiger partial charge on any atom is 0.237 e. The molecule has 1 saturated heterocycles. The molecule has 0 spiro atoms. The van der Waals surface area contributed by atoms with Gasteiger partial charge >= 0.3 is 0 Å². The van der Waals surface area contributed by atoms with E-state index in [0.717, 1.165) is 55.9 Å². The summed E-state index contributed by atoms with van der Waals surface area (Å²) >= 11 is 0. The molecular formula is C16H23N7O.